The van der Waals surface area contributed by atoms with Crippen LogP contribution in [0.3, 0.4) is 0 Å². The smallest absolute Gasteiger partial charge is 0.247 e. The number of hydrogen-bond donors (Lipinski definition) is 0. The van der Waals surface area contributed by atoms with Gasteiger partial charge in [0.05, 0.1) is 20.3 Å². The summed E-state index contributed by atoms with van der Waals surface area (Å²) in [4.78, 5) is 2.29. The summed E-state index contributed by atoms with van der Waals surface area (Å²) in [6.07, 6.45) is 0.928. The van der Waals surface area contributed by atoms with Gasteiger partial charge in [-0.1, -0.05) is 30.3 Å². The fraction of sp³-hybridized carbons (Fsp3) is 0.300. The first-order valence-electron chi connectivity index (χ1n) is 8.72. The van der Waals surface area contributed by atoms with Crippen molar-refractivity contribution in [3.8, 4) is 23.0 Å². The lowest BCUT2D eigenvalue weighted by atomic mass is 10.1. The summed E-state index contributed by atoms with van der Waals surface area (Å²) in [6, 6.07) is 15.8. The van der Waals surface area contributed by atoms with Crippen molar-refractivity contribution < 1.29 is 13.9 Å². The first-order valence-corrected chi connectivity index (χ1v) is 8.72. The van der Waals surface area contributed by atoms with Crippen molar-refractivity contribution in [2.75, 3.05) is 20.3 Å². The fourth-order valence-electron chi connectivity index (χ4n) is 3.13. The van der Waals surface area contributed by atoms with Gasteiger partial charge >= 0.3 is 0 Å². The molecule has 0 unspecified atom stereocenters. The van der Waals surface area contributed by atoms with Crippen molar-refractivity contribution in [1.29, 1.82) is 0 Å². The molecule has 134 valence electrons. The second-order valence-corrected chi connectivity index (χ2v) is 6.23. The highest BCUT2D eigenvalue weighted by Gasteiger charge is 2.19. The van der Waals surface area contributed by atoms with Crippen LogP contribution >= 0.6 is 0 Å². The predicted octanol–water partition coefficient (Wildman–Crippen LogP) is 3.53. The lowest BCUT2D eigenvalue weighted by Crippen LogP contribution is -2.27. The number of rotatable bonds is 4. The van der Waals surface area contributed by atoms with Crippen LogP contribution in [0.1, 0.15) is 17.9 Å². The molecule has 0 saturated heterocycles. The minimum Gasteiger partial charge on any atom is -0.493 e. The number of ether oxygens (including phenoxy) is 2. The van der Waals surface area contributed by atoms with Crippen LogP contribution in [0.5, 0.6) is 11.5 Å². The fourth-order valence-corrected chi connectivity index (χ4v) is 3.13. The topological polar surface area (TPSA) is 60.6 Å². The van der Waals surface area contributed by atoms with Crippen molar-refractivity contribution in [3.05, 3.63) is 60.0 Å². The Morgan fingerprint density at radius 3 is 2.81 bits per heavy atom. The number of benzene rings is 2. The van der Waals surface area contributed by atoms with Gasteiger partial charge in [-0.2, -0.15) is 0 Å². The summed E-state index contributed by atoms with van der Waals surface area (Å²) in [6.45, 7) is 2.91. The summed E-state index contributed by atoms with van der Waals surface area (Å²) in [5, 5.41) is 8.39. The number of hydrogen-bond acceptors (Lipinski definition) is 6. The second-order valence-electron chi connectivity index (χ2n) is 6.23. The van der Waals surface area contributed by atoms with Crippen LogP contribution in [0.15, 0.2) is 52.9 Å². The summed E-state index contributed by atoms with van der Waals surface area (Å²) in [5.74, 6) is 2.77. The quantitative estimate of drug-likeness (QED) is 0.717. The molecule has 1 aliphatic heterocycles. The number of para-hydroxylation sites is 1. The van der Waals surface area contributed by atoms with E-state index in [1.807, 2.05) is 42.5 Å². The molecule has 0 amide bonds. The van der Waals surface area contributed by atoms with E-state index in [9.17, 15) is 0 Å². The highest BCUT2D eigenvalue weighted by atomic mass is 16.5. The predicted molar refractivity (Wildman–Crippen MR) is 97.0 cm³/mol. The molecule has 26 heavy (non-hydrogen) atoms. The lowest BCUT2D eigenvalue weighted by Gasteiger charge is -2.26. The minimum atomic E-state index is 0.554. The largest absolute Gasteiger partial charge is 0.493 e. The Morgan fingerprint density at radius 2 is 1.96 bits per heavy atom. The summed E-state index contributed by atoms with van der Waals surface area (Å²) < 4.78 is 17.2. The zero-order valence-corrected chi connectivity index (χ0v) is 14.7. The van der Waals surface area contributed by atoms with Gasteiger partial charge in [0, 0.05) is 24.2 Å². The first kappa shape index (κ1) is 16.6. The summed E-state index contributed by atoms with van der Waals surface area (Å²) in [7, 11) is 1.67. The van der Waals surface area contributed by atoms with Gasteiger partial charge in [0.1, 0.15) is 0 Å². The van der Waals surface area contributed by atoms with Crippen LogP contribution in [-0.2, 0) is 13.1 Å². The van der Waals surface area contributed by atoms with Gasteiger partial charge in [-0.25, -0.2) is 0 Å². The van der Waals surface area contributed by atoms with Crippen LogP contribution in [0.2, 0.25) is 0 Å². The third kappa shape index (κ3) is 3.55. The van der Waals surface area contributed by atoms with Gasteiger partial charge < -0.3 is 13.9 Å². The molecule has 0 saturated carbocycles. The highest BCUT2D eigenvalue weighted by Crippen LogP contribution is 2.33. The molecule has 6 nitrogen and oxygen atoms in total. The van der Waals surface area contributed by atoms with Gasteiger partial charge in [-0.3, -0.25) is 4.90 Å². The Balaban J connectivity index is 1.52. The number of methoxy groups -OCH3 is 1. The maximum Gasteiger partial charge on any atom is 0.247 e. The monoisotopic (exact) mass is 351 g/mol. The zero-order valence-electron chi connectivity index (χ0n) is 14.7. The third-order valence-electron chi connectivity index (χ3n) is 4.39. The van der Waals surface area contributed by atoms with E-state index in [1.54, 1.807) is 7.11 Å². The van der Waals surface area contributed by atoms with E-state index >= 15 is 0 Å². The molecule has 0 radical (unpaired) electrons. The molecular formula is C20H21N3O3. The Hall–Kier alpha value is -2.86. The maximum atomic E-state index is 5.91. The molecule has 0 bridgehead atoms. The van der Waals surface area contributed by atoms with Gasteiger partial charge in [0.2, 0.25) is 11.8 Å². The average Bonchev–Trinajstić information content (AvgIpc) is 3.13. The lowest BCUT2D eigenvalue weighted by molar-refractivity contribution is 0.183. The Labute approximate surface area is 152 Å². The summed E-state index contributed by atoms with van der Waals surface area (Å²) in [5.41, 5.74) is 2.04. The molecular weight excluding hydrogens is 330 g/mol. The second kappa shape index (κ2) is 7.58. The van der Waals surface area contributed by atoms with Crippen LogP contribution in [-0.4, -0.2) is 35.4 Å². The Kier molecular flexibility index (Phi) is 4.84. The van der Waals surface area contributed by atoms with E-state index in [-0.39, 0.29) is 0 Å². The van der Waals surface area contributed by atoms with Crippen LogP contribution in [0.25, 0.3) is 11.5 Å². The molecule has 0 atom stereocenters. The van der Waals surface area contributed by atoms with Gasteiger partial charge in [0.15, 0.2) is 11.5 Å². The number of nitrogens with zero attached hydrogens (tertiary/aromatic N) is 3. The number of fused-ring (bicyclic) bond motifs is 1. The molecule has 0 fully saturated rings. The molecule has 6 heteroatoms. The van der Waals surface area contributed by atoms with E-state index in [2.05, 4.69) is 21.2 Å². The summed E-state index contributed by atoms with van der Waals surface area (Å²) >= 11 is 0. The van der Waals surface area contributed by atoms with Crippen molar-refractivity contribution in [2.45, 2.75) is 19.5 Å². The molecule has 0 aliphatic carbocycles. The van der Waals surface area contributed by atoms with E-state index in [1.165, 1.54) is 0 Å². The van der Waals surface area contributed by atoms with Crippen molar-refractivity contribution in [3.63, 3.8) is 0 Å². The van der Waals surface area contributed by atoms with Gasteiger partial charge in [-0.15, -0.1) is 10.2 Å². The van der Waals surface area contributed by atoms with Crippen molar-refractivity contribution >= 4 is 0 Å². The minimum absolute atomic E-state index is 0.554. The molecule has 2 aromatic carbocycles. The van der Waals surface area contributed by atoms with E-state index in [0.717, 1.165) is 42.1 Å². The molecule has 2 heterocycles. The van der Waals surface area contributed by atoms with Crippen molar-refractivity contribution in [1.82, 2.24) is 15.1 Å². The number of aromatic nitrogens is 2. The zero-order chi connectivity index (χ0) is 17.8. The molecule has 1 aromatic heterocycles. The van der Waals surface area contributed by atoms with Crippen LogP contribution in [0, 0.1) is 0 Å². The van der Waals surface area contributed by atoms with Gasteiger partial charge in [-0.05, 0) is 24.6 Å². The molecule has 0 spiro atoms. The average molecular weight is 351 g/mol. The van der Waals surface area contributed by atoms with Crippen LogP contribution < -0.4 is 9.47 Å². The normalized spacial score (nSPS) is 14.8. The highest BCUT2D eigenvalue weighted by molar-refractivity contribution is 5.51. The molecule has 1 aliphatic rings. The van der Waals surface area contributed by atoms with E-state index in [0.29, 0.717) is 24.9 Å². The van der Waals surface area contributed by atoms with Crippen molar-refractivity contribution in [2.24, 2.45) is 0 Å². The third-order valence-corrected chi connectivity index (χ3v) is 4.39. The molecule has 4 rings (SSSR count). The molecule has 3 aromatic rings. The van der Waals surface area contributed by atoms with Gasteiger partial charge in [0.25, 0.3) is 0 Å². The SMILES string of the molecule is COc1cccc2c1OCCCN(Cc1nnc(-c3ccccc3)o1)C2. The van der Waals surface area contributed by atoms with E-state index < -0.39 is 0 Å². The Bertz CT molecular complexity index is 864. The van der Waals surface area contributed by atoms with Crippen LogP contribution in [0.4, 0.5) is 0 Å². The Morgan fingerprint density at radius 1 is 1.08 bits per heavy atom. The maximum absolute atomic E-state index is 5.91. The standard InChI is InChI=1S/C20H21N3O3/c1-24-17-10-5-9-16-13-23(11-6-12-25-19(16)17)14-18-21-22-20(26-18)15-7-3-2-4-8-15/h2-5,7-10H,6,11-14H2,1H3. The first-order chi connectivity index (χ1) is 12.8. The van der Waals surface area contributed by atoms with E-state index in [4.69, 9.17) is 13.9 Å². The molecule has 0 N–H and O–H groups in total.